The van der Waals surface area contributed by atoms with Gasteiger partial charge in [-0.25, -0.2) is 0 Å². The van der Waals surface area contributed by atoms with Gasteiger partial charge in [0.1, 0.15) is 0 Å². The predicted molar refractivity (Wildman–Crippen MR) is 251 cm³/mol. The fraction of sp³-hybridized carbons (Fsp3) is 0.962. The molecule has 6 heteroatoms. The minimum absolute atomic E-state index is 0.0351. The van der Waals surface area contributed by atoms with E-state index in [0.717, 1.165) is 39.0 Å². The lowest BCUT2D eigenvalue weighted by molar-refractivity contribution is -0.146. The van der Waals surface area contributed by atoms with Gasteiger partial charge in [0.15, 0.2) is 0 Å². The van der Waals surface area contributed by atoms with Crippen molar-refractivity contribution in [1.29, 1.82) is 0 Å². The number of hydrogen-bond donors (Lipinski definition) is 1. The van der Waals surface area contributed by atoms with E-state index >= 15 is 0 Å². The Morgan fingerprint density at radius 1 is 0.379 bits per heavy atom. The molecule has 0 aliphatic carbocycles. The summed E-state index contributed by atoms with van der Waals surface area (Å²) in [5, 5.41) is 3.23. The third kappa shape index (κ3) is 41.6. The molecule has 58 heavy (non-hydrogen) atoms. The lowest BCUT2D eigenvalue weighted by Gasteiger charge is -2.17. The fourth-order valence-electron chi connectivity index (χ4n) is 8.49. The van der Waals surface area contributed by atoms with Gasteiger partial charge in [0.2, 0.25) is 0 Å². The van der Waals surface area contributed by atoms with E-state index in [1.807, 2.05) is 7.05 Å². The quantitative estimate of drug-likeness (QED) is 0.0487. The van der Waals surface area contributed by atoms with Crippen LogP contribution in [-0.2, 0) is 23.8 Å². The number of ether oxygens (including phenoxy) is 3. The molecule has 0 fully saturated rings. The van der Waals surface area contributed by atoms with Gasteiger partial charge in [-0.3, -0.25) is 9.59 Å². The molecule has 0 radical (unpaired) electrons. The van der Waals surface area contributed by atoms with Crippen LogP contribution in [-0.4, -0.2) is 52.0 Å². The zero-order valence-corrected chi connectivity index (χ0v) is 40.0. The third-order valence-corrected chi connectivity index (χ3v) is 12.4. The second-order valence-electron chi connectivity index (χ2n) is 18.2. The van der Waals surface area contributed by atoms with Crippen molar-refractivity contribution in [3.05, 3.63) is 0 Å². The maximum Gasteiger partial charge on any atom is 0.306 e. The predicted octanol–water partition coefficient (Wildman–Crippen LogP) is 15.7. The van der Waals surface area contributed by atoms with Crippen molar-refractivity contribution in [1.82, 2.24) is 5.32 Å². The van der Waals surface area contributed by atoms with E-state index in [4.69, 9.17) is 14.2 Å². The van der Waals surface area contributed by atoms with E-state index in [-0.39, 0.29) is 11.9 Å². The molecule has 0 aromatic rings. The summed E-state index contributed by atoms with van der Waals surface area (Å²) in [4.78, 5) is 25.0. The van der Waals surface area contributed by atoms with Crippen LogP contribution >= 0.6 is 0 Å². The Kier molecular flexibility index (Phi) is 46.0. The first-order chi connectivity index (χ1) is 28.5. The van der Waals surface area contributed by atoms with Crippen LogP contribution in [0.25, 0.3) is 0 Å². The summed E-state index contributed by atoms with van der Waals surface area (Å²) >= 11 is 0. The Balaban J connectivity index is 4.03. The molecule has 0 aliphatic rings. The average molecular weight is 822 g/mol. The van der Waals surface area contributed by atoms with Gasteiger partial charge in [-0.2, -0.15) is 0 Å². The molecule has 0 atom stereocenters. The van der Waals surface area contributed by atoms with Gasteiger partial charge in [0, 0.05) is 26.1 Å². The molecule has 0 aromatic heterocycles. The number of carbonyl (C=O) groups is 2. The van der Waals surface area contributed by atoms with Crippen LogP contribution in [0.15, 0.2) is 0 Å². The smallest absolute Gasteiger partial charge is 0.306 e. The summed E-state index contributed by atoms with van der Waals surface area (Å²) in [6.07, 6.45) is 44.9. The summed E-state index contributed by atoms with van der Waals surface area (Å²) in [6.45, 7) is 13.0. The molecule has 346 valence electrons. The van der Waals surface area contributed by atoms with Crippen LogP contribution in [0.1, 0.15) is 265 Å². The van der Waals surface area contributed by atoms with Crippen LogP contribution < -0.4 is 5.32 Å². The first-order valence-electron chi connectivity index (χ1n) is 26.0. The van der Waals surface area contributed by atoms with Crippen molar-refractivity contribution in [2.75, 3.05) is 40.0 Å². The molecule has 6 nitrogen and oxygen atoms in total. The van der Waals surface area contributed by atoms with Gasteiger partial charge in [0.05, 0.1) is 13.2 Å². The molecular formula is C52H103NO5. The first kappa shape index (κ1) is 56.9. The summed E-state index contributed by atoms with van der Waals surface area (Å²) in [5.74, 6) is 1.80. The highest BCUT2D eigenvalue weighted by atomic mass is 16.5. The van der Waals surface area contributed by atoms with Crippen LogP contribution in [0.3, 0.4) is 0 Å². The molecule has 0 amide bonds. The molecule has 0 bridgehead atoms. The van der Waals surface area contributed by atoms with Gasteiger partial charge in [-0.05, 0) is 89.1 Å². The molecule has 0 aliphatic heterocycles. The molecule has 0 saturated heterocycles. The summed E-state index contributed by atoms with van der Waals surface area (Å²) in [5.41, 5.74) is 0. The van der Waals surface area contributed by atoms with E-state index in [0.29, 0.717) is 43.8 Å². The molecular weight excluding hydrogens is 719 g/mol. The molecule has 0 unspecified atom stereocenters. The fourth-order valence-corrected chi connectivity index (χ4v) is 8.49. The molecule has 0 saturated carbocycles. The summed E-state index contributed by atoms with van der Waals surface area (Å²) in [6, 6.07) is 0. The Morgan fingerprint density at radius 3 is 1.03 bits per heavy atom. The molecule has 0 heterocycles. The van der Waals surface area contributed by atoms with Crippen molar-refractivity contribution in [2.24, 2.45) is 17.8 Å². The normalized spacial score (nSPS) is 11.7. The van der Waals surface area contributed by atoms with E-state index in [9.17, 15) is 9.59 Å². The van der Waals surface area contributed by atoms with E-state index in [1.54, 1.807) is 0 Å². The van der Waals surface area contributed by atoms with Gasteiger partial charge in [-0.15, -0.1) is 0 Å². The van der Waals surface area contributed by atoms with Crippen molar-refractivity contribution < 1.29 is 23.8 Å². The topological polar surface area (TPSA) is 73.9 Å². The number of esters is 2. The van der Waals surface area contributed by atoms with Crippen LogP contribution in [0.4, 0.5) is 0 Å². The minimum Gasteiger partial charge on any atom is -0.466 e. The second kappa shape index (κ2) is 46.9. The second-order valence-corrected chi connectivity index (χ2v) is 18.2. The first-order valence-corrected chi connectivity index (χ1v) is 26.0. The Morgan fingerprint density at radius 2 is 0.690 bits per heavy atom. The monoisotopic (exact) mass is 822 g/mol. The van der Waals surface area contributed by atoms with Gasteiger partial charge >= 0.3 is 11.9 Å². The summed E-state index contributed by atoms with van der Waals surface area (Å²) < 4.78 is 17.4. The van der Waals surface area contributed by atoms with Crippen molar-refractivity contribution in [2.45, 2.75) is 265 Å². The largest absolute Gasteiger partial charge is 0.466 e. The van der Waals surface area contributed by atoms with Crippen molar-refractivity contribution in [3.63, 3.8) is 0 Å². The van der Waals surface area contributed by atoms with E-state index in [2.05, 4.69) is 33.0 Å². The average Bonchev–Trinajstić information content (AvgIpc) is 3.21. The van der Waals surface area contributed by atoms with Crippen molar-refractivity contribution >= 4 is 11.9 Å². The van der Waals surface area contributed by atoms with Crippen molar-refractivity contribution in [3.8, 4) is 0 Å². The molecule has 0 aromatic carbocycles. The van der Waals surface area contributed by atoms with Gasteiger partial charge in [0.25, 0.3) is 0 Å². The standard InChI is InChI=1S/C52H103NO5/c1-6-10-26-35-48(36-27-11-7-2)45-51(54)57-43-32-24-20-16-14-18-22-30-39-50(47-56-42-34-41-53-5)40-31-23-19-15-17-21-25-33-44-58-52(55)46-49(37-28-12-8-3)38-29-13-9-4/h48-50,53H,6-47H2,1-5H3. The molecule has 1 N–H and O–H groups in total. The van der Waals surface area contributed by atoms with Crippen LogP contribution in [0.2, 0.25) is 0 Å². The SMILES string of the molecule is CCCCCC(CCCCC)CC(=O)OCCCCCCCCCCC(CCCCCCCCCCOC(=O)CC(CCCCC)CCCCC)COCCCNC. The maximum absolute atomic E-state index is 12.5. The van der Waals surface area contributed by atoms with Gasteiger partial charge < -0.3 is 19.5 Å². The summed E-state index contributed by atoms with van der Waals surface area (Å²) in [7, 11) is 2.01. The zero-order chi connectivity index (χ0) is 42.4. The number of hydrogen-bond acceptors (Lipinski definition) is 6. The Bertz CT molecular complexity index is 757. The van der Waals surface area contributed by atoms with Crippen LogP contribution in [0, 0.1) is 17.8 Å². The number of nitrogens with one attached hydrogen (secondary N) is 1. The molecule has 0 rings (SSSR count). The van der Waals surface area contributed by atoms with E-state index in [1.165, 1.54) is 205 Å². The number of rotatable bonds is 48. The highest BCUT2D eigenvalue weighted by molar-refractivity contribution is 5.70. The lowest BCUT2D eigenvalue weighted by Crippen LogP contribution is -2.14. The minimum atomic E-state index is 0.0351. The highest BCUT2D eigenvalue weighted by Gasteiger charge is 2.16. The van der Waals surface area contributed by atoms with Crippen LogP contribution in [0.5, 0.6) is 0 Å². The number of unbranched alkanes of at least 4 members (excludes halogenated alkanes) is 22. The lowest BCUT2D eigenvalue weighted by atomic mass is 9.92. The van der Waals surface area contributed by atoms with Gasteiger partial charge in [-0.1, -0.05) is 195 Å². The maximum atomic E-state index is 12.5. The number of carbonyl (C=O) groups excluding carboxylic acids is 2. The highest BCUT2D eigenvalue weighted by Crippen LogP contribution is 2.24. The zero-order valence-electron chi connectivity index (χ0n) is 40.0. The third-order valence-electron chi connectivity index (χ3n) is 12.4. The Labute approximate surface area is 363 Å². The molecule has 0 spiro atoms. The Hall–Kier alpha value is -1.14. The van der Waals surface area contributed by atoms with E-state index < -0.39 is 0 Å².